The number of aryl methyl sites for hydroxylation is 3. The van der Waals surface area contributed by atoms with Crippen molar-refractivity contribution in [2.75, 3.05) is 0 Å². The monoisotopic (exact) mass is 327 g/mol. The van der Waals surface area contributed by atoms with Gasteiger partial charge in [0.25, 0.3) is 17.3 Å². The van der Waals surface area contributed by atoms with E-state index in [1.165, 1.54) is 22.7 Å². The van der Waals surface area contributed by atoms with Crippen LogP contribution in [0.3, 0.4) is 0 Å². The highest BCUT2D eigenvalue weighted by molar-refractivity contribution is 5.87. The molecule has 0 saturated heterocycles. The van der Waals surface area contributed by atoms with Gasteiger partial charge in [0.1, 0.15) is 5.75 Å². The molecule has 0 amide bonds. The first-order chi connectivity index (χ1) is 11.3. The van der Waals surface area contributed by atoms with E-state index in [0.717, 1.165) is 11.4 Å². The van der Waals surface area contributed by atoms with Crippen LogP contribution in [0.25, 0.3) is 5.78 Å². The van der Waals surface area contributed by atoms with Crippen molar-refractivity contribution in [1.29, 1.82) is 0 Å². The summed E-state index contributed by atoms with van der Waals surface area (Å²) in [7, 11) is 0. The summed E-state index contributed by atoms with van der Waals surface area (Å²) >= 11 is 0. The van der Waals surface area contributed by atoms with Crippen LogP contribution in [0.2, 0.25) is 0 Å². The standard InChI is InChI=1S/C15H13N5O4/c1-8-6-11(4-5-12(8)20(22)23)24-14(21)13-17-15-16-9(2)7-10(3)19(15)18-13/h4-7H,1-3H3. The third kappa shape index (κ3) is 2.78. The Bertz CT molecular complexity index is 979. The average molecular weight is 327 g/mol. The average Bonchev–Trinajstić information content (AvgIpc) is 2.91. The second-order valence-electron chi connectivity index (χ2n) is 5.28. The fraction of sp³-hybridized carbons (Fsp3) is 0.200. The van der Waals surface area contributed by atoms with Crippen molar-refractivity contribution >= 4 is 17.4 Å². The van der Waals surface area contributed by atoms with Crippen LogP contribution in [0, 0.1) is 30.9 Å². The molecule has 0 aliphatic rings. The van der Waals surface area contributed by atoms with Crippen molar-refractivity contribution in [3.05, 3.63) is 57.2 Å². The molecular formula is C15H13N5O4. The van der Waals surface area contributed by atoms with Gasteiger partial charge in [-0.1, -0.05) is 0 Å². The van der Waals surface area contributed by atoms with Crippen molar-refractivity contribution in [3.8, 4) is 5.75 Å². The van der Waals surface area contributed by atoms with Gasteiger partial charge in [-0.2, -0.15) is 4.98 Å². The van der Waals surface area contributed by atoms with E-state index in [1.54, 1.807) is 6.92 Å². The summed E-state index contributed by atoms with van der Waals surface area (Å²) in [6.45, 7) is 5.21. The number of carbonyl (C=O) groups excluding carboxylic acids is 1. The number of nitrogens with zero attached hydrogens (tertiary/aromatic N) is 5. The summed E-state index contributed by atoms with van der Waals surface area (Å²) in [6.07, 6.45) is 0. The van der Waals surface area contributed by atoms with Gasteiger partial charge >= 0.3 is 5.97 Å². The van der Waals surface area contributed by atoms with Gasteiger partial charge in [-0.3, -0.25) is 10.1 Å². The molecule has 3 rings (SSSR count). The number of nitro groups is 1. The molecule has 0 fully saturated rings. The van der Waals surface area contributed by atoms with Crippen molar-refractivity contribution in [2.24, 2.45) is 0 Å². The van der Waals surface area contributed by atoms with Crippen LogP contribution in [-0.4, -0.2) is 30.5 Å². The van der Waals surface area contributed by atoms with E-state index in [9.17, 15) is 14.9 Å². The predicted molar refractivity (Wildman–Crippen MR) is 83.0 cm³/mol. The number of nitro benzene ring substituents is 1. The normalized spacial score (nSPS) is 10.8. The van der Waals surface area contributed by atoms with Crippen LogP contribution in [-0.2, 0) is 0 Å². The quantitative estimate of drug-likeness (QED) is 0.313. The van der Waals surface area contributed by atoms with Gasteiger partial charge in [0.15, 0.2) is 0 Å². The molecule has 3 aromatic rings. The number of benzene rings is 1. The molecule has 0 spiro atoms. The van der Waals surface area contributed by atoms with E-state index in [2.05, 4.69) is 15.1 Å². The lowest BCUT2D eigenvalue weighted by molar-refractivity contribution is -0.385. The maximum Gasteiger partial charge on any atom is 0.383 e. The molecule has 0 aliphatic carbocycles. The number of esters is 1. The first kappa shape index (κ1) is 15.5. The minimum absolute atomic E-state index is 0.0454. The zero-order valence-electron chi connectivity index (χ0n) is 13.2. The Balaban J connectivity index is 1.89. The van der Waals surface area contributed by atoms with E-state index in [4.69, 9.17) is 4.74 Å². The summed E-state index contributed by atoms with van der Waals surface area (Å²) in [5.41, 5.74) is 1.89. The Morgan fingerprint density at radius 2 is 1.96 bits per heavy atom. The molecule has 9 heteroatoms. The minimum atomic E-state index is -0.759. The molecule has 0 N–H and O–H groups in total. The van der Waals surface area contributed by atoms with Crippen LogP contribution in [0.5, 0.6) is 5.75 Å². The molecule has 2 heterocycles. The van der Waals surface area contributed by atoms with Crippen LogP contribution >= 0.6 is 0 Å². The van der Waals surface area contributed by atoms with Crippen LogP contribution in [0.4, 0.5) is 5.69 Å². The minimum Gasteiger partial charge on any atom is -0.421 e. The zero-order valence-corrected chi connectivity index (χ0v) is 13.2. The molecule has 0 unspecified atom stereocenters. The molecule has 2 aromatic heterocycles. The lowest BCUT2D eigenvalue weighted by atomic mass is 10.2. The first-order valence-corrected chi connectivity index (χ1v) is 7.03. The largest absolute Gasteiger partial charge is 0.421 e. The third-order valence-corrected chi connectivity index (χ3v) is 3.38. The Labute approximate surface area is 136 Å². The summed E-state index contributed by atoms with van der Waals surface area (Å²) in [4.78, 5) is 30.7. The molecule has 0 atom stereocenters. The van der Waals surface area contributed by atoms with Crippen LogP contribution in [0.1, 0.15) is 27.6 Å². The number of carbonyl (C=O) groups is 1. The van der Waals surface area contributed by atoms with Gasteiger partial charge in [-0.15, -0.1) is 5.10 Å². The van der Waals surface area contributed by atoms with E-state index in [0.29, 0.717) is 11.3 Å². The van der Waals surface area contributed by atoms with Crippen molar-refractivity contribution < 1.29 is 14.5 Å². The molecule has 9 nitrogen and oxygen atoms in total. The van der Waals surface area contributed by atoms with E-state index < -0.39 is 10.9 Å². The van der Waals surface area contributed by atoms with Gasteiger partial charge in [0.2, 0.25) is 0 Å². The van der Waals surface area contributed by atoms with Crippen molar-refractivity contribution in [2.45, 2.75) is 20.8 Å². The molecule has 0 radical (unpaired) electrons. The number of fused-ring (bicyclic) bond motifs is 1. The van der Waals surface area contributed by atoms with Gasteiger partial charge in [0.05, 0.1) is 4.92 Å². The third-order valence-electron chi connectivity index (χ3n) is 3.38. The van der Waals surface area contributed by atoms with Gasteiger partial charge < -0.3 is 4.74 Å². The van der Waals surface area contributed by atoms with Gasteiger partial charge in [-0.25, -0.2) is 14.3 Å². The van der Waals surface area contributed by atoms with Crippen LogP contribution < -0.4 is 4.74 Å². The highest BCUT2D eigenvalue weighted by Gasteiger charge is 2.18. The molecule has 1 aromatic carbocycles. The van der Waals surface area contributed by atoms with E-state index >= 15 is 0 Å². The fourth-order valence-electron chi connectivity index (χ4n) is 2.30. The highest BCUT2D eigenvalue weighted by atomic mass is 16.6. The first-order valence-electron chi connectivity index (χ1n) is 7.03. The molecule has 24 heavy (non-hydrogen) atoms. The number of rotatable bonds is 3. The summed E-state index contributed by atoms with van der Waals surface area (Å²) in [5.74, 6) is -0.403. The molecule has 122 valence electrons. The van der Waals surface area contributed by atoms with Crippen molar-refractivity contribution in [3.63, 3.8) is 0 Å². The maximum atomic E-state index is 12.2. The summed E-state index contributed by atoms with van der Waals surface area (Å²) in [5, 5.41) is 14.9. The van der Waals surface area contributed by atoms with Crippen molar-refractivity contribution in [1.82, 2.24) is 19.6 Å². The Kier molecular flexibility index (Phi) is 3.68. The number of ether oxygens (including phenoxy) is 1. The molecule has 0 bridgehead atoms. The molecular weight excluding hydrogens is 314 g/mol. The lowest BCUT2D eigenvalue weighted by Crippen LogP contribution is -2.11. The highest BCUT2D eigenvalue weighted by Crippen LogP contribution is 2.23. The molecule has 0 saturated carbocycles. The zero-order chi connectivity index (χ0) is 17.4. The Morgan fingerprint density at radius 3 is 2.62 bits per heavy atom. The lowest BCUT2D eigenvalue weighted by Gasteiger charge is -2.03. The number of hydrogen-bond acceptors (Lipinski definition) is 7. The van der Waals surface area contributed by atoms with Gasteiger partial charge in [0, 0.05) is 23.0 Å². The molecule has 0 aliphatic heterocycles. The smallest absolute Gasteiger partial charge is 0.383 e. The Morgan fingerprint density at radius 1 is 1.21 bits per heavy atom. The summed E-state index contributed by atoms with van der Waals surface area (Å²) in [6, 6.07) is 5.87. The predicted octanol–water partition coefficient (Wildman–Crippen LogP) is 2.18. The van der Waals surface area contributed by atoms with E-state index in [1.807, 2.05) is 19.9 Å². The fourth-order valence-corrected chi connectivity index (χ4v) is 2.30. The maximum absolute atomic E-state index is 12.2. The SMILES string of the molecule is Cc1cc(C)n2nc(C(=O)Oc3ccc([N+](=O)[O-])c(C)c3)nc2n1. The second-order valence-corrected chi connectivity index (χ2v) is 5.28. The van der Waals surface area contributed by atoms with Crippen LogP contribution in [0.15, 0.2) is 24.3 Å². The number of aromatic nitrogens is 4. The van der Waals surface area contributed by atoms with E-state index in [-0.39, 0.29) is 17.3 Å². The summed E-state index contributed by atoms with van der Waals surface area (Å²) < 4.78 is 6.64. The topological polar surface area (TPSA) is 113 Å². The second kappa shape index (κ2) is 5.69. The van der Waals surface area contributed by atoms with Gasteiger partial charge in [-0.05, 0) is 39.0 Å². The number of hydrogen-bond donors (Lipinski definition) is 0. The Hall–Kier alpha value is -3.36.